The third-order valence-electron chi connectivity index (χ3n) is 4.16. The third kappa shape index (κ3) is 3.37. The molecule has 0 aliphatic heterocycles. The minimum absolute atomic E-state index is 0.387. The van der Waals surface area contributed by atoms with Crippen LogP contribution in [0.4, 0.5) is 15.6 Å². The van der Waals surface area contributed by atoms with Gasteiger partial charge in [0.05, 0.1) is 30.1 Å². The van der Waals surface area contributed by atoms with E-state index in [1.807, 2.05) is 30.3 Å². The Bertz CT molecular complexity index is 1140. The van der Waals surface area contributed by atoms with Crippen molar-refractivity contribution in [2.75, 3.05) is 24.9 Å². The van der Waals surface area contributed by atoms with Gasteiger partial charge in [0.15, 0.2) is 5.13 Å². The maximum atomic E-state index is 12.4. The molecule has 2 N–H and O–H groups in total. The fourth-order valence-electron chi connectivity index (χ4n) is 2.87. The normalized spacial score (nSPS) is 10.7. The predicted octanol–water partition coefficient (Wildman–Crippen LogP) is 5.11. The van der Waals surface area contributed by atoms with Crippen LogP contribution in [0.1, 0.15) is 0 Å². The molecule has 4 aromatic rings. The van der Waals surface area contributed by atoms with Gasteiger partial charge in [0, 0.05) is 11.5 Å². The van der Waals surface area contributed by atoms with Gasteiger partial charge in [-0.15, -0.1) is 0 Å². The maximum Gasteiger partial charge on any atom is 0.325 e. The number of carbonyl (C=O) groups excluding carboxylic acids is 1. The highest BCUT2D eigenvalue weighted by Crippen LogP contribution is 2.32. The summed E-state index contributed by atoms with van der Waals surface area (Å²) in [6.45, 7) is 0. The number of benzene rings is 3. The van der Waals surface area contributed by atoms with Crippen molar-refractivity contribution >= 4 is 49.2 Å². The molecule has 0 fully saturated rings. The molecule has 0 saturated carbocycles. The Hall–Kier alpha value is -3.32. The lowest BCUT2D eigenvalue weighted by Gasteiger charge is -2.11. The number of ether oxygens (including phenoxy) is 2. The molecule has 136 valence electrons. The summed E-state index contributed by atoms with van der Waals surface area (Å²) in [6, 6.07) is 16.9. The summed E-state index contributed by atoms with van der Waals surface area (Å²) in [7, 11) is 3.11. The monoisotopic (exact) mass is 379 g/mol. The number of anilines is 2. The third-order valence-corrected chi connectivity index (χ3v) is 5.10. The first kappa shape index (κ1) is 17.1. The number of thiazole rings is 1. The first-order valence-electron chi connectivity index (χ1n) is 8.26. The lowest BCUT2D eigenvalue weighted by Crippen LogP contribution is -2.19. The first-order valence-corrected chi connectivity index (χ1v) is 9.08. The van der Waals surface area contributed by atoms with Gasteiger partial charge in [-0.1, -0.05) is 41.7 Å². The van der Waals surface area contributed by atoms with Crippen molar-refractivity contribution in [3.8, 4) is 11.5 Å². The van der Waals surface area contributed by atoms with E-state index < -0.39 is 0 Å². The van der Waals surface area contributed by atoms with Crippen molar-refractivity contribution < 1.29 is 14.3 Å². The number of rotatable bonds is 4. The molecule has 3 aromatic carbocycles. The second kappa shape index (κ2) is 7.13. The average Bonchev–Trinajstić information content (AvgIpc) is 3.11. The summed E-state index contributed by atoms with van der Waals surface area (Å²) in [4.78, 5) is 17.0. The van der Waals surface area contributed by atoms with Gasteiger partial charge in [-0.3, -0.25) is 5.32 Å². The van der Waals surface area contributed by atoms with Crippen LogP contribution >= 0.6 is 11.3 Å². The van der Waals surface area contributed by atoms with Crippen LogP contribution in [-0.2, 0) is 0 Å². The molecule has 1 aromatic heterocycles. The molecular formula is C20H17N3O3S. The lowest BCUT2D eigenvalue weighted by atomic mass is 10.1. The molecule has 0 atom stereocenters. The van der Waals surface area contributed by atoms with Gasteiger partial charge < -0.3 is 14.8 Å². The van der Waals surface area contributed by atoms with Crippen molar-refractivity contribution in [3.63, 3.8) is 0 Å². The molecule has 0 saturated heterocycles. The zero-order valence-electron chi connectivity index (χ0n) is 14.8. The van der Waals surface area contributed by atoms with Crippen molar-refractivity contribution in [1.29, 1.82) is 0 Å². The van der Waals surface area contributed by atoms with Crippen LogP contribution in [0, 0.1) is 0 Å². The zero-order chi connectivity index (χ0) is 18.8. The Labute approximate surface area is 159 Å². The number of urea groups is 1. The largest absolute Gasteiger partial charge is 0.497 e. The number of methoxy groups -OCH3 is 2. The van der Waals surface area contributed by atoms with E-state index in [0.29, 0.717) is 22.3 Å². The topological polar surface area (TPSA) is 72.5 Å². The smallest absolute Gasteiger partial charge is 0.325 e. The highest BCUT2D eigenvalue weighted by molar-refractivity contribution is 7.22. The van der Waals surface area contributed by atoms with E-state index in [-0.39, 0.29) is 6.03 Å². The van der Waals surface area contributed by atoms with Crippen LogP contribution in [-0.4, -0.2) is 25.2 Å². The average molecular weight is 379 g/mol. The zero-order valence-corrected chi connectivity index (χ0v) is 15.6. The molecule has 0 radical (unpaired) electrons. The molecule has 0 spiro atoms. The van der Waals surface area contributed by atoms with Gasteiger partial charge in [0.25, 0.3) is 0 Å². The van der Waals surface area contributed by atoms with E-state index in [9.17, 15) is 4.79 Å². The number of nitrogens with zero attached hydrogens (tertiary/aromatic N) is 1. The molecule has 0 aliphatic carbocycles. The standard InChI is InChI=1S/C20H17N3O3S/c1-25-13-8-9-15(16(11-13)26-2)21-19(24)23-20-22-18-14-6-4-3-5-12(14)7-10-17(18)27-20/h3-11H,1-2H3,(H2,21,22,23,24). The second-order valence-corrected chi connectivity index (χ2v) is 6.83. The van der Waals surface area contributed by atoms with Crippen LogP contribution in [0.25, 0.3) is 21.0 Å². The van der Waals surface area contributed by atoms with Crippen LogP contribution in [0.3, 0.4) is 0 Å². The molecule has 0 aliphatic rings. The van der Waals surface area contributed by atoms with Crippen LogP contribution < -0.4 is 20.1 Å². The predicted molar refractivity (Wildman–Crippen MR) is 109 cm³/mol. The molecule has 0 bridgehead atoms. The van der Waals surface area contributed by atoms with Gasteiger partial charge in [-0.05, 0) is 23.6 Å². The Morgan fingerprint density at radius 2 is 1.85 bits per heavy atom. The van der Waals surface area contributed by atoms with E-state index in [1.165, 1.54) is 18.4 Å². The van der Waals surface area contributed by atoms with E-state index in [2.05, 4.69) is 21.7 Å². The molecule has 4 rings (SSSR count). The Kier molecular flexibility index (Phi) is 4.52. The summed E-state index contributed by atoms with van der Waals surface area (Å²) >= 11 is 1.43. The first-order chi connectivity index (χ1) is 13.2. The van der Waals surface area contributed by atoms with Gasteiger partial charge in [0.2, 0.25) is 0 Å². The molecule has 7 heteroatoms. The number of amides is 2. The summed E-state index contributed by atoms with van der Waals surface area (Å²) in [5.41, 5.74) is 1.43. The van der Waals surface area contributed by atoms with Gasteiger partial charge in [-0.25, -0.2) is 9.78 Å². The van der Waals surface area contributed by atoms with E-state index in [0.717, 1.165) is 21.0 Å². The van der Waals surface area contributed by atoms with Crippen molar-refractivity contribution in [1.82, 2.24) is 4.98 Å². The number of carbonyl (C=O) groups is 1. The molecule has 6 nitrogen and oxygen atoms in total. The maximum absolute atomic E-state index is 12.4. The highest BCUT2D eigenvalue weighted by atomic mass is 32.1. The Morgan fingerprint density at radius 3 is 2.67 bits per heavy atom. The van der Waals surface area contributed by atoms with E-state index in [1.54, 1.807) is 25.3 Å². The number of aromatic nitrogens is 1. The van der Waals surface area contributed by atoms with E-state index in [4.69, 9.17) is 9.47 Å². The highest BCUT2D eigenvalue weighted by Gasteiger charge is 2.12. The SMILES string of the molecule is COc1ccc(NC(=O)Nc2nc3c(ccc4ccccc43)s2)c(OC)c1. The molecule has 27 heavy (non-hydrogen) atoms. The molecular weight excluding hydrogens is 362 g/mol. The molecule has 2 amide bonds. The summed E-state index contributed by atoms with van der Waals surface area (Å²) in [5.74, 6) is 1.16. The summed E-state index contributed by atoms with van der Waals surface area (Å²) in [6.07, 6.45) is 0. The van der Waals surface area contributed by atoms with Gasteiger partial charge in [-0.2, -0.15) is 0 Å². The number of fused-ring (bicyclic) bond motifs is 3. The number of nitrogens with one attached hydrogen (secondary N) is 2. The summed E-state index contributed by atoms with van der Waals surface area (Å²) in [5, 5.41) is 8.29. The second-order valence-electron chi connectivity index (χ2n) is 5.80. The minimum Gasteiger partial charge on any atom is -0.497 e. The number of hydrogen-bond acceptors (Lipinski definition) is 5. The molecule has 1 heterocycles. The van der Waals surface area contributed by atoms with Crippen molar-refractivity contribution in [2.45, 2.75) is 0 Å². The van der Waals surface area contributed by atoms with Crippen LogP contribution in [0.2, 0.25) is 0 Å². The fourth-order valence-corrected chi connectivity index (χ4v) is 3.74. The Balaban J connectivity index is 1.57. The van der Waals surface area contributed by atoms with Gasteiger partial charge in [0.1, 0.15) is 11.5 Å². The molecule has 0 unspecified atom stereocenters. The van der Waals surface area contributed by atoms with Gasteiger partial charge >= 0.3 is 6.03 Å². The van der Waals surface area contributed by atoms with E-state index >= 15 is 0 Å². The van der Waals surface area contributed by atoms with Crippen LogP contribution in [0.5, 0.6) is 11.5 Å². The number of hydrogen-bond donors (Lipinski definition) is 2. The quantitative estimate of drug-likeness (QED) is 0.517. The Morgan fingerprint density at radius 1 is 1.00 bits per heavy atom. The fraction of sp³-hybridized carbons (Fsp3) is 0.100. The van der Waals surface area contributed by atoms with Crippen LogP contribution in [0.15, 0.2) is 54.6 Å². The summed E-state index contributed by atoms with van der Waals surface area (Å²) < 4.78 is 11.5. The lowest BCUT2D eigenvalue weighted by molar-refractivity contribution is 0.262. The van der Waals surface area contributed by atoms with Crippen molar-refractivity contribution in [2.24, 2.45) is 0 Å². The van der Waals surface area contributed by atoms with Crippen molar-refractivity contribution in [3.05, 3.63) is 54.6 Å². The minimum atomic E-state index is -0.387.